The standard InChI is InChI=1S/C15H7Cl2NO4.C15H11NO3.C14H8N2O8.C10H3Cl4NO4.C10H5Cl2NO4.C10H10ClNO3.C10H7NO4.C10H9NO3/c16-9-6-7-10(17)12-11(9)13(19)18(14(12)20)22-15(21)8-4-2-1-3-5-8;17-14-13-9-5-4-8-12(13)10-16(14)19-15(18)11-6-2-1-3-7-11;1-5(17)23-15-11(19)7-3-9-10(4-8(7)12(15)20)14(22)16(13(9)21)24-6(2)18;1-2(16)19-15-9(17)3-4(10(15)18)6(12)8(14)7(13)5(3)11;1-4(14)17-13-9(15)7-5(11)2-3-6(12)8(7)10(13)16;1-7(13)15-12(2)10(14)8-3-5-9(11)6-4-8;1-6(12)15-11-9(13)7-4-2-3-5-8(7)10(11)14;1-7(12)14-11-6-8-4-2-3-5-9(8)10(11)13/h1-7H;1-9H,10H2;3-4H,1-2H3;1H3;2-3H,1H3;3-6H,1-2H3;2-5H,1H3;2-5H,6H2,1H3. The van der Waals surface area contributed by atoms with E-state index < -0.39 is 129 Å². The maximum atomic E-state index is 12.2. The zero-order chi connectivity index (χ0) is 107. The Kier molecular flexibility index (Phi) is 34.7. The minimum absolute atomic E-state index is 0.0505. The van der Waals surface area contributed by atoms with Gasteiger partial charge in [0.1, 0.15) is 0 Å². The molecule has 18 rings (SSSR count). The maximum Gasteiger partial charge on any atom is 0.363 e. The molecule has 0 aliphatic carbocycles. The fourth-order valence-electron chi connectivity index (χ4n) is 13.3. The van der Waals surface area contributed by atoms with E-state index in [9.17, 15) is 115 Å². The maximum absolute atomic E-state index is 12.2. The Labute approximate surface area is 856 Å². The third-order valence-corrected chi connectivity index (χ3v) is 22.7. The number of nitrogens with zero attached hydrogens (tertiary/aromatic N) is 9. The van der Waals surface area contributed by atoms with Crippen molar-refractivity contribution in [1.82, 2.24) is 44.9 Å². The summed E-state index contributed by atoms with van der Waals surface area (Å²) in [5.41, 5.74) is -0.0188. The minimum Gasteiger partial charge on any atom is -0.338 e. The van der Waals surface area contributed by atoms with Crippen LogP contribution in [0.15, 0.2) is 213 Å². The van der Waals surface area contributed by atoms with Crippen LogP contribution in [0.5, 0.6) is 0 Å². The Morgan fingerprint density at radius 2 is 0.538 bits per heavy atom. The molecule has 11 amide bonds. The third kappa shape index (κ3) is 24.0. The SMILES string of the molecule is CC(=O)ON(C)C(=O)c1ccc(Cl)cc1.CC(=O)ON1C(=O)c2c(Cl)c(Cl)c(Cl)c(Cl)c2C1=O.CC(=O)ON1C(=O)c2c(Cl)ccc(Cl)c2C1=O.CC(=O)ON1C(=O)c2ccccc2C1=O.CC(=O)ON1Cc2ccccc2C1=O.CC(=O)On1c(=O)c2cc3c(=O)n(OC(C)=O)c(=O)c3cc2c1=O.O=C(ON1C(=O)c2c(Cl)ccc(Cl)c2C1=O)c1ccccc1.O=C(ON1Cc2ccccc2C1=O)c1ccccc1. The van der Waals surface area contributed by atoms with Crippen molar-refractivity contribution in [2.75, 3.05) is 7.05 Å². The summed E-state index contributed by atoms with van der Waals surface area (Å²) in [6.45, 7) is 8.40. The zero-order valence-corrected chi connectivity index (χ0v) is 81.6. The molecule has 0 atom stereocenters. The lowest BCUT2D eigenvalue weighted by molar-refractivity contribution is -0.175. The fourth-order valence-corrected chi connectivity index (χ4v) is 15.4. The number of hydrogen-bond acceptors (Lipinski definition) is 33. The van der Waals surface area contributed by atoms with Crippen LogP contribution < -0.4 is 31.9 Å². The Morgan fingerprint density at radius 3 is 0.848 bits per heavy atom. The van der Waals surface area contributed by atoms with Crippen LogP contribution in [0.3, 0.4) is 0 Å². The van der Waals surface area contributed by atoms with Gasteiger partial charge >= 0.3 is 53.7 Å². The topological polar surface area (TPSA) is 525 Å². The van der Waals surface area contributed by atoms with Crippen molar-refractivity contribution >= 4 is 245 Å². The molecule has 6 aliphatic heterocycles. The quantitative estimate of drug-likeness (QED) is 0.0502. The van der Waals surface area contributed by atoms with Crippen LogP contribution in [0.4, 0.5) is 0 Å². The molecule has 0 radical (unpaired) electrons. The number of carbonyl (C=O) groups excluding carboxylic acids is 20. The fraction of sp³-hybridized carbons (Fsp3) is 0.106. The van der Waals surface area contributed by atoms with Crippen LogP contribution in [-0.2, 0) is 80.5 Å². The molecule has 51 heteroatoms. The minimum atomic E-state index is -0.945. The van der Waals surface area contributed by atoms with Crippen molar-refractivity contribution in [3.05, 3.63) is 364 Å². The summed E-state index contributed by atoms with van der Waals surface area (Å²) < 4.78 is 0.502. The lowest BCUT2D eigenvalue weighted by atomic mass is 10.1. The van der Waals surface area contributed by atoms with Crippen LogP contribution in [0.1, 0.15) is 194 Å². The van der Waals surface area contributed by atoms with Crippen molar-refractivity contribution in [2.24, 2.45) is 0 Å². The van der Waals surface area contributed by atoms with Crippen molar-refractivity contribution in [2.45, 2.75) is 61.6 Å². The van der Waals surface area contributed by atoms with E-state index in [1.165, 1.54) is 69.4 Å². The van der Waals surface area contributed by atoms with E-state index in [2.05, 4.69) is 29.0 Å². The van der Waals surface area contributed by atoms with Gasteiger partial charge in [0.25, 0.3) is 87.2 Å². The number of fused-ring (bicyclic) bond motifs is 8. The van der Waals surface area contributed by atoms with E-state index in [4.69, 9.17) is 119 Å². The first kappa shape index (κ1) is 109. The first-order valence-corrected chi connectivity index (χ1v) is 44.0. The summed E-state index contributed by atoms with van der Waals surface area (Å²) in [5.74, 6) is -13.7. The molecule has 8 heterocycles. The summed E-state index contributed by atoms with van der Waals surface area (Å²) in [5, 5.41) is 3.79. The van der Waals surface area contributed by atoms with Gasteiger partial charge in [-0.2, -0.15) is 15.2 Å². The number of hydroxylamine groups is 14. The molecule has 0 fully saturated rings. The number of rotatable bonds is 11. The van der Waals surface area contributed by atoms with E-state index in [0.29, 0.717) is 55.6 Å². The van der Waals surface area contributed by atoms with Gasteiger partial charge in [0, 0.05) is 77.2 Å². The number of hydrogen-bond donors (Lipinski definition) is 0. The van der Waals surface area contributed by atoms with Gasteiger partial charge in [0.05, 0.1) is 130 Å². The van der Waals surface area contributed by atoms with Gasteiger partial charge in [-0.25, -0.2) is 33.6 Å². The second kappa shape index (κ2) is 46.3. The van der Waals surface area contributed by atoms with E-state index >= 15 is 0 Å². The van der Waals surface area contributed by atoms with Gasteiger partial charge in [-0.15, -0.1) is 0 Å². The van der Waals surface area contributed by atoms with Crippen LogP contribution in [0.2, 0.25) is 45.2 Å². The van der Waals surface area contributed by atoms with Gasteiger partial charge in [-0.1, -0.05) is 219 Å². The van der Waals surface area contributed by atoms with Crippen molar-refractivity contribution in [3.8, 4) is 0 Å². The number of halogens is 9. The van der Waals surface area contributed by atoms with Crippen molar-refractivity contribution in [1.29, 1.82) is 0 Å². The monoisotopic (exact) mass is 2160 g/mol. The van der Waals surface area contributed by atoms with Crippen LogP contribution in [-0.4, -0.2) is 171 Å². The summed E-state index contributed by atoms with van der Waals surface area (Å²) in [7, 11) is 1.37. The number of aromatic nitrogens is 2. The molecule has 0 spiro atoms. The highest BCUT2D eigenvalue weighted by atomic mass is 35.5. The molecule has 0 N–H and O–H groups in total. The van der Waals surface area contributed by atoms with Gasteiger partial charge in [0.2, 0.25) is 0 Å². The average molecular weight is 2160 g/mol. The molecule has 10 aromatic carbocycles. The highest BCUT2D eigenvalue weighted by Crippen LogP contribution is 2.46. The molecule has 145 heavy (non-hydrogen) atoms. The molecule has 0 bridgehead atoms. The summed E-state index contributed by atoms with van der Waals surface area (Å²) in [6, 6.07) is 51.3. The smallest absolute Gasteiger partial charge is 0.338 e. The van der Waals surface area contributed by atoms with Crippen molar-refractivity contribution in [3.63, 3.8) is 0 Å². The normalized spacial score (nSPS) is 12.8. The molecular weight excluding hydrogens is 2100 g/mol. The number of amides is 11. The van der Waals surface area contributed by atoms with Gasteiger partial charge in [-0.05, 0) is 120 Å². The number of benzene rings is 10. The molecule has 0 unspecified atom stereocenters. The predicted octanol–water partition coefficient (Wildman–Crippen LogP) is 12.9. The molecule has 2 aromatic heterocycles. The van der Waals surface area contributed by atoms with Crippen LogP contribution in [0.25, 0.3) is 21.5 Å². The second-order valence-corrected chi connectivity index (χ2v) is 32.9. The molecule has 12 aromatic rings. The number of imide groups is 4. The zero-order valence-electron chi connectivity index (χ0n) is 74.8. The van der Waals surface area contributed by atoms with E-state index in [-0.39, 0.29) is 138 Å². The largest absolute Gasteiger partial charge is 0.363 e. The Morgan fingerprint density at radius 1 is 0.262 bits per heavy atom. The molecule has 0 saturated heterocycles. The first-order valence-electron chi connectivity index (χ1n) is 40.6. The molecule has 0 saturated carbocycles. The highest BCUT2D eigenvalue weighted by Gasteiger charge is 2.47. The first-order chi connectivity index (χ1) is 68.5. The second-order valence-electron chi connectivity index (χ2n) is 29.4. The molecule has 6 aliphatic rings. The Hall–Kier alpha value is -16.7. The third-order valence-electron chi connectivity index (χ3n) is 19.4. The highest BCUT2D eigenvalue weighted by molar-refractivity contribution is 6.55. The number of carbonyl (C=O) groups is 20. The molecular formula is C94H60Cl9N9O33. The van der Waals surface area contributed by atoms with E-state index in [1.54, 1.807) is 103 Å². The van der Waals surface area contributed by atoms with E-state index in [0.717, 1.165) is 73.1 Å². The average Bonchev–Trinajstić information content (AvgIpc) is 1.57. The summed E-state index contributed by atoms with van der Waals surface area (Å²) >= 11 is 52.4. The van der Waals surface area contributed by atoms with Crippen LogP contribution >= 0.6 is 104 Å². The lowest BCUT2D eigenvalue weighted by Crippen LogP contribution is -2.34. The molecule has 742 valence electrons. The Bertz CT molecular complexity index is 7430. The predicted molar refractivity (Wildman–Crippen MR) is 506 cm³/mol. The lowest BCUT2D eigenvalue weighted by Gasteiger charge is -2.14. The van der Waals surface area contributed by atoms with Crippen LogP contribution in [0, 0.1) is 0 Å². The van der Waals surface area contributed by atoms with Gasteiger partial charge < -0.3 is 43.5 Å². The molecule has 42 nitrogen and oxygen atoms in total. The van der Waals surface area contributed by atoms with Crippen molar-refractivity contribution < 1.29 is 139 Å². The van der Waals surface area contributed by atoms with Gasteiger partial charge in [0.15, 0.2) is 0 Å². The van der Waals surface area contributed by atoms with E-state index in [1.807, 2.05) is 30.3 Å². The summed E-state index contributed by atoms with van der Waals surface area (Å²) in [6.07, 6.45) is 0. The summed E-state index contributed by atoms with van der Waals surface area (Å²) in [4.78, 5) is 320. The Balaban J connectivity index is 0.000000159. The van der Waals surface area contributed by atoms with Gasteiger partial charge in [-0.3, -0.25) is 81.5 Å².